The molecule has 0 atom stereocenters. The van der Waals surface area contributed by atoms with E-state index < -0.39 is 11.9 Å². The summed E-state index contributed by atoms with van der Waals surface area (Å²) in [6, 6.07) is 5.59. The van der Waals surface area contributed by atoms with Crippen molar-refractivity contribution in [1.82, 2.24) is 9.97 Å². The number of hydrogen-bond acceptors (Lipinski definition) is 5. The highest BCUT2D eigenvalue weighted by atomic mass is 19.4. The minimum absolute atomic E-state index is 0.0486. The monoisotopic (exact) mass is 324 g/mol. The van der Waals surface area contributed by atoms with E-state index in [1.807, 2.05) is 0 Å². The predicted octanol–water partition coefficient (Wildman–Crippen LogP) is 2.59. The molecule has 1 aromatic carbocycles. The third kappa shape index (κ3) is 3.03. The molecule has 1 aliphatic rings. The van der Waals surface area contributed by atoms with E-state index in [0.29, 0.717) is 17.1 Å². The predicted molar refractivity (Wildman–Crippen MR) is 75.7 cm³/mol. The van der Waals surface area contributed by atoms with Gasteiger partial charge in [-0.2, -0.15) is 13.2 Å². The Bertz CT molecular complexity index is 764. The standard InChI is InChI=1S/C14H11F3N4O2/c1-21-9-6-8(2-3-10(9)23-7-12(21)22)19-13-18-5-4-11(20-13)14(15,16)17/h2-6H,7H2,1H3,(H,18,19,20). The molecule has 2 aromatic rings. The average molecular weight is 324 g/mol. The van der Waals surface area contributed by atoms with E-state index in [2.05, 4.69) is 15.3 Å². The molecular weight excluding hydrogens is 313 g/mol. The van der Waals surface area contributed by atoms with Crippen LogP contribution >= 0.6 is 0 Å². The number of alkyl halides is 3. The van der Waals surface area contributed by atoms with Crippen LogP contribution in [-0.2, 0) is 11.0 Å². The first-order chi connectivity index (χ1) is 10.8. The zero-order valence-electron chi connectivity index (χ0n) is 11.9. The van der Waals surface area contributed by atoms with Crippen LogP contribution in [0.25, 0.3) is 0 Å². The summed E-state index contributed by atoms with van der Waals surface area (Å²) in [5, 5.41) is 2.69. The molecule has 0 saturated carbocycles. The zero-order valence-corrected chi connectivity index (χ0v) is 11.9. The van der Waals surface area contributed by atoms with E-state index in [1.165, 1.54) is 4.90 Å². The van der Waals surface area contributed by atoms with Gasteiger partial charge in [-0.1, -0.05) is 0 Å². The molecule has 120 valence electrons. The van der Waals surface area contributed by atoms with Gasteiger partial charge in [0, 0.05) is 18.9 Å². The Balaban J connectivity index is 1.88. The largest absolute Gasteiger partial charge is 0.482 e. The van der Waals surface area contributed by atoms with E-state index in [0.717, 1.165) is 12.3 Å². The molecule has 0 bridgehead atoms. The summed E-state index contributed by atoms with van der Waals surface area (Å²) in [4.78, 5) is 20.2. The number of carbonyl (C=O) groups is 1. The van der Waals surface area contributed by atoms with Crippen molar-refractivity contribution < 1.29 is 22.7 Å². The molecular formula is C14H11F3N4O2. The Labute approximate surface area is 128 Å². The van der Waals surface area contributed by atoms with Crippen molar-refractivity contribution in [3.63, 3.8) is 0 Å². The highest BCUT2D eigenvalue weighted by molar-refractivity contribution is 5.98. The molecule has 0 spiro atoms. The molecule has 6 nitrogen and oxygen atoms in total. The smallest absolute Gasteiger partial charge is 0.433 e. The molecule has 1 amide bonds. The van der Waals surface area contributed by atoms with E-state index >= 15 is 0 Å². The molecule has 1 N–H and O–H groups in total. The number of likely N-dealkylation sites (N-methyl/N-ethyl adjacent to an activating group) is 1. The molecule has 2 heterocycles. The average Bonchev–Trinajstić information content (AvgIpc) is 2.51. The van der Waals surface area contributed by atoms with Gasteiger partial charge in [0.2, 0.25) is 5.95 Å². The first-order valence-corrected chi connectivity index (χ1v) is 6.55. The van der Waals surface area contributed by atoms with Crippen molar-refractivity contribution in [1.29, 1.82) is 0 Å². The maximum atomic E-state index is 12.6. The molecule has 1 aliphatic heterocycles. The SMILES string of the molecule is CN1C(=O)COc2ccc(Nc3nccc(C(F)(F)F)n3)cc21. The minimum Gasteiger partial charge on any atom is -0.482 e. The van der Waals surface area contributed by atoms with Crippen LogP contribution in [0, 0.1) is 0 Å². The van der Waals surface area contributed by atoms with Crippen LogP contribution in [0.1, 0.15) is 5.69 Å². The van der Waals surface area contributed by atoms with Crippen molar-refractivity contribution in [2.45, 2.75) is 6.18 Å². The van der Waals surface area contributed by atoms with Gasteiger partial charge in [0.15, 0.2) is 6.61 Å². The number of fused-ring (bicyclic) bond motifs is 1. The fourth-order valence-electron chi connectivity index (χ4n) is 2.06. The third-order valence-corrected chi connectivity index (χ3v) is 3.25. The topological polar surface area (TPSA) is 67.3 Å². The molecule has 9 heteroatoms. The maximum absolute atomic E-state index is 12.6. The molecule has 0 radical (unpaired) electrons. The van der Waals surface area contributed by atoms with Crippen LogP contribution in [0.4, 0.5) is 30.5 Å². The van der Waals surface area contributed by atoms with Crippen molar-refractivity contribution in [3.05, 3.63) is 36.2 Å². The summed E-state index contributed by atoms with van der Waals surface area (Å²) in [5.41, 5.74) is -0.0879. The number of nitrogens with one attached hydrogen (secondary N) is 1. The summed E-state index contributed by atoms with van der Waals surface area (Å²) >= 11 is 0. The number of halogens is 3. The number of amides is 1. The van der Waals surface area contributed by atoms with Gasteiger partial charge in [0.25, 0.3) is 5.91 Å². The highest BCUT2D eigenvalue weighted by Crippen LogP contribution is 2.34. The second-order valence-corrected chi connectivity index (χ2v) is 4.81. The van der Waals surface area contributed by atoms with Gasteiger partial charge in [-0.05, 0) is 24.3 Å². The summed E-state index contributed by atoms with van der Waals surface area (Å²) in [6.45, 7) is -0.0486. The van der Waals surface area contributed by atoms with Crippen molar-refractivity contribution in [2.75, 3.05) is 23.9 Å². The summed E-state index contributed by atoms with van der Waals surface area (Å²) in [6.07, 6.45) is -3.52. The van der Waals surface area contributed by atoms with Gasteiger partial charge < -0.3 is 15.0 Å². The lowest BCUT2D eigenvalue weighted by Crippen LogP contribution is -2.35. The van der Waals surface area contributed by atoms with Gasteiger partial charge in [0.1, 0.15) is 11.4 Å². The zero-order chi connectivity index (χ0) is 16.6. The number of rotatable bonds is 2. The van der Waals surface area contributed by atoms with Crippen LogP contribution in [0.2, 0.25) is 0 Å². The van der Waals surface area contributed by atoms with E-state index in [-0.39, 0.29) is 18.5 Å². The Morgan fingerprint density at radius 3 is 2.83 bits per heavy atom. The normalized spacial score (nSPS) is 14.3. The van der Waals surface area contributed by atoms with Gasteiger partial charge in [0.05, 0.1) is 5.69 Å². The lowest BCUT2D eigenvalue weighted by atomic mass is 10.2. The van der Waals surface area contributed by atoms with E-state index in [9.17, 15) is 18.0 Å². The van der Waals surface area contributed by atoms with Gasteiger partial charge >= 0.3 is 6.18 Å². The molecule has 0 unspecified atom stereocenters. The Hall–Kier alpha value is -2.84. The Kier molecular flexibility index (Phi) is 3.55. The Morgan fingerprint density at radius 2 is 2.09 bits per heavy atom. The molecule has 0 saturated heterocycles. The second-order valence-electron chi connectivity index (χ2n) is 4.81. The Morgan fingerprint density at radius 1 is 1.30 bits per heavy atom. The molecule has 23 heavy (non-hydrogen) atoms. The van der Waals surface area contributed by atoms with Gasteiger partial charge in [-0.3, -0.25) is 4.79 Å². The first-order valence-electron chi connectivity index (χ1n) is 6.55. The van der Waals surface area contributed by atoms with Crippen LogP contribution in [-0.4, -0.2) is 29.5 Å². The van der Waals surface area contributed by atoms with Crippen molar-refractivity contribution >= 4 is 23.2 Å². The van der Waals surface area contributed by atoms with Gasteiger partial charge in [-0.25, -0.2) is 9.97 Å². The van der Waals surface area contributed by atoms with Crippen LogP contribution < -0.4 is 15.0 Å². The first kappa shape index (κ1) is 15.1. The summed E-state index contributed by atoms with van der Waals surface area (Å²) in [5.74, 6) is 0.109. The van der Waals surface area contributed by atoms with Gasteiger partial charge in [-0.15, -0.1) is 0 Å². The van der Waals surface area contributed by atoms with Crippen LogP contribution in [0.5, 0.6) is 5.75 Å². The van der Waals surface area contributed by atoms with E-state index in [1.54, 1.807) is 25.2 Å². The fourth-order valence-corrected chi connectivity index (χ4v) is 2.06. The quantitative estimate of drug-likeness (QED) is 0.920. The third-order valence-electron chi connectivity index (χ3n) is 3.25. The number of hydrogen-bond donors (Lipinski definition) is 1. The summed E-state index contributed by atoms with van der Waals surface area (Å²) in [7, 11) is 1.59. The maximum Gasteiger partial charge on any atom is 0.433 e. The van der Waals surface area contributed by atoms with Crippen molar-refractivity contribution in [2.24, 2.45) is 0 Å². The van der Waals surface area contributed by atoms with Crippen molar-refractivity contribution in [3.8, 4) is 5.75 Å². The highest BCUT2D eigenvalue weighted by Gasteiger charge is 2.32. The van der Waals surface area contributed by atoms with Crippen LogP contribution in [0.3, 0.4) is 0 Å². The molecule has 0 fully saturated rings. The second kappa shape index (κ2) is 5.41. The lowest BCUT2D eigenvalue weighted by Gasteiger charge is -2.26. The number of aromatic nitrogens is 2. The number of benzene rings is 1. The van der Waals surface area contributed by atoms with Crippen LogP contribution in [0.15, 0.2) is 30.5 Å². The molecule has 3 rings (SSSR count). The summed E-state index contributed by atoms with van der Waals surface area (Å²) < 4.78 is 43.2. The number of ether oxygens (including phenoxy) is 1. The number of nitrogens with zero attached hydrogens (tertiary/aromatic N) is 3. The minimum atomic E-state index is -4.55. The lowest BCUT2D eigenvalue weighted by molar-refractivity contribution is -0.141. The molecule has 1 aromatic heterocycles. The fraction of sp³-hybridized carbons (Fsp3) is 0.214. The van der Waals surface area contributed by atoms with E-state index in [4.69, 9.17) is 4.74 Å². The number of anilines is 3. The molecule has 0 aliphatic carbocycles. The number of carbonyl (C=O) groups excluding carboxylic acids is 1.